The largest absolute Gasteiger partial charge is 0.573 e. The fourth-order valence-corrected chi connectivity index (χ4v) is 4.35. The second kappa shape index (κ2) is 7.45. The first kappa shape index (κ1) is 24.0. The minimum atomic E-state index is -4.75. The Balaban J connectivity index is 1.72. The fourth-order valence-electron chi connectivity index (χ4n) is 4.35. The van der Waals surface area contributed by atoms with E-state index < -0.39 is 35.3 Å². The lowest BCUT2D eigenvalue weighted by atomic mass is 9.37. The number of nitrogens with zero attached hydrogens (tertiary/aromatic N) is 1. The number of carbonyl (C=O) groups excluding carboxylic acids is 2. The Bertz CT molecular complexity index is 865. The van der Waals surface area contributed by atoms with Crippen LogP contribution in [0.4, 0.5) is 22.8 Å². The minimum Gasteiger partial charge on any atom is -0.443 e. The van der Waals surface area contributed by atoms with E-state index in [-0.39, 0.29) is 11.2 Å². The van der Waals surface area contributed by atoms with Gasteiger partial charge in [-0.25, -0.2) is 20.0 Å². The van der Waals surface area contributed by atoms with Crippen LogP contribution in [-0.2, 0) is 14.9 Å². The van der Waals surface area contributed by atoms with E-state index in [9.17, 15) is 22.8 Å². The summed E-state index contributed by atoms with van der Waals surface area (Å²) in [7, 11) is 0. The van der Waals surface area contributed by atoms with Crippen molar-refractivity contribution in [3.05, 3.63) is 29.8 Å². The Morgan fingerprint density at radius 1 is 0.906 bits per heavy atom. The number of hydrazine groups is 1. The van der Waals surface area contributed by atoms with E-state index in [1.165, 1.54) is 17.1 Å². The molecule has 1 aromatic carbocycles. The van der Waals surface area contributed by atoms with Gasteiger partial charge in [0.15, 0.2) is 0 Å². The molecule has 0 aromatic heterocycles. The number of ether oxygens (including phenoxy) is 3. The Morgan fingerprint density at radius 2 is 1.41 bits per heavy atom. The summed E-state index contributed by atoms with van der Waals surface area (Å²) in [6, 6.07) is 5.76. The van der Waals surface area contributed by atoms with Crippen molar-refractivity contribution < 1.29 is 37.0 Å². The van der Waals surface area contributed by atoms with Crippen molar-refractivity contribution in [2.75, 3.05) is 0 Å². The van der Waals surface area contributed by atoms with Crippen molar-refractivity contribution in [3.63, 3.8) is 0 Å². The maximum Gasteiger partial charge on any atom is 0.573 e. The second-order valence-electron chi connectivity index (χ2n) is 10.5. The number of nitrogens with one attached hydrogen (secondary N) is 1. The SMILES string of the molecule is CC(C)(C)OC(=O)NN(C(=O)OC(C)(C)C)C12CC(c3ccc(OC(F)(F)F)cc3)(C1)C2. The zero-order valence-corrected chi connectivity index (χ0v) is 19.1. The van der Waals surface area contributed by atoms with Crippen LogP contribution < -0.4 is 10.2 Å². The third-order valence-corrected chi connectivity index (χ3v) is 5.35. The molecule has 0 unspecified atom stereocenters. The van der Waals surface area contributed by atoms with Gasteiger partial charge in [-0.1, -0.05) is 12.1 Å². The van der Waals surface area contributed by atoms with Crippen molar-refractivity contribution >= 4 is 12.2 Å². The first-order chi connectivity index (χ1) is 14.4. The normalized spacial score (nSPS) is 24.5. The van der Waals surface area contributed by atoms with Gasteiger partial charge in [0.25, 0.3) is 0 Å². The monoisotopic (exact) mass is 458 g/mol. The lowest BCUT2D eigenvalue weighted by molar-refractivity contribution is -0.274. The molecule has 0 atom stereocenters. The number of carbonyl (C=O) groups is 2. The van der Waals surface area contributed by atoms with E-state index in [0.717, 1.165) is 5.56 Å². The Morgan fingerprint density at radius 3 is 1.84 bits per heavy atom. The molecule has 3 fully saturated rings. The van der Waals surface area contributed by atoms with Crippen LogP contribution in [0.1, 0.15) is 66.4 Å². The predicted octanol–water partition coefficient (Wildman–Crippen LogP) is 5.44. The molecule has 0 spiro atoms. The first-order valence-corrected chi connectivity index (χ1v) is 10.3. The van der Waals surface area contributed by atoms with E-state index >= 15 is 0 Å². The van der Waals surface area contributed by atoms with Crippen LogP contribution in [0, 0.1) is 0 Å². The van der Waals surface area contributed by atoms with E-state index in [1.54, 1.807) is 53.7 Å². The summed E-state index contributed by atoms with van der Waals surface area (Å²) in [5, 5.41) is 1.20. The van der Waals surface area contributed by atoms with E-state index in [2.05, 4.69) is 10.2 Å². The molecule has 4 rings (SSSR count). The van der Waals surface area contributed by atoms with Gasteiger partial charge in [0.1, 0.15) is 17.0 Å². The first-order valence-electron chi connectivity index (χ1n) is 10.3. The van der Waals surface area contributed by atoms with E-state index in [1.807, 2.05) is 0 Å². The van der Waals surface area contributed by atoms with Crippen molar-refractivity contribution in [2.45, 2.75) is 89.3 Å². The third-order valence-electron chi connectivity index (χ3n) is 5.35. The smallest absolute Gasteiger partial charge is 0.443 e. The van der Waals surface area contributed by atoms with Crippen LogP contribution in [-0.4, -0.2) is 40.3 Å². The summed E-state index contributed by atoms with van der Waals surface area (Å²) in [5.74, 6) is -0.287. The van der Waals surface area contributed by atoms with E-state index in [4.69, 9.17) is 9.47 Å². The molecule has 3 saturated carbocycles. The van der Waals surface area contributed by atoms with Crippen LogP contribution in [0.15, 0.2) is 24.3 Å². The number of benzene rings is 1. The lowest BCUT2D eigenvalue weighted by Crippen LogP contribution is -2.80. The molecule has 3 aliphatic rings. The molecule has 0 aliphatic heterocycles. The molecule has 3 aliphatic carbocycles. The summed E-state index contributed by atoms with van der Waals surface area (Å²) in [5.41, 5.74) is 0.971. The molecule has 7 nitrogen and oxygen atoms in total. The fraction of sp³-hybridized carbons (Fsp3) is 0.636. The van der Waals surface area contributed by atoms with Gasteiger partial charge in [0.2, 0.25) is 0 Å². The van der Waals surface area contributed by atoms with Crippen molar-refractivity contribution in [3.8, 4) is 5.75 Å². The molecule has 1 aromatic rings. The summed E-state index contributed by atoms with van der Waals surface area (Å²) >= 11 is 0. The van der Waals surface area contributed by atoms with Gasteiger partial charge in [-0.3, -0.25) is 0 Å². The molecule has 0 saturated heterocycles. The molecule has 32 heavy (non-hydrogen) atoms. The van der Waals surface area contributed by atoms with Gasteiger partial charge >= 0.3 is 18.5 Å². The van der Waals surface area contributed by atoms with Gasteiger partial charge in [-0.05, 0) is 78.5 Å². The molecule has 1 N–H and O–H groups in total. The van der Waals surface area contributed by atoms with Crippen molar-refractivity contribution in [2.24, 2.45) is 0 Å². The van der Waals surface area contributed by atoms with Gasteiger partial charge < -0.3 is 14.2 Å². The molecule has 2 amide bonds. The molecule has 0 radical (unpaired) electrons. The Labute approximate surface area is 185 Å². The molecule has 0 heterocycles. The molecular formula is C22H29F3N2O5. The molecule has 2 bridgehead atoms. The zero-order valence-electron chi connectivity index (χ0n) is 19.1. The quantitative estimate of drug-likeness (QED) is 0.611. The number of rotatable bonds is 3. The maximum atomic E-state index is 12.9. The molecule has 178 valence electrons. The van der Waals surface area contributed by atoms with Gasteiger partial charge in [-0.15, -0.1) is 13.2 Å². The zero-order chi connectivity index (χ0) is 24.2. The summed E-state index contributed by atoms with van der Waals surface area (Å²) in [4.78, 5) is 25.2. The average molecular weight is 458 g/mol. The number of halogens is 3. The highest BCUT2D eigenvalue weighted by Gasteiger charge is 2.73. The highest BCUT2D eigenvalue weighted by Crippen LogP contribution is 2.70. The third kappa shape index (κ3) is 5.21. The number of alkyl halides is 3. The minimum absolute atomic E-state index is 0.271. The highest BCUT2D eigenvalue weighted by molar-refractivity contribution is 5.76. The predicted molar refractivity (Wildman–Crippen MR) is 109 cm³/mol. The van der Waals surface area contributed by atoms with Crippen molar-refractivity contribution in [1.29, 1.82) is 0 Å². The summed E-state index contributed by atoms with van der Waals surface area (Å²) in [6.07, 6.45) is -4.60. The number of hydrogen-bond acceptors (Lipinski definition) is 5. The van der Waals surface area contributed by atoms with Crippen LogP contribution in [0.25, 0.3) is 0 Å². The lowest BCUT2D eigenvalue weighted by Gasteiger charge is -2.72. The van der Waals surface area contributed by atoms with Gasteiger partial charge in [0, 0.05) is 5.41 Å². The average Bonchev–Trinajstić information content (AvgIpc) is 2.48. The van der Waals surface area contributed by atoms with Crippen LogP contribution in [0.5, 0.6) is 5.75 Å². The van der Waals surface area contributed by atoms with Crippen LogP contribution >= 0.6 is 0 Å². The standard InChI is InChI=1S/C22H29F3N2O5/c1-18(2,3)31-16(28)26-27(17(29)32-19(4,5)6)21-11-20(12-21,13-21)14-7-9-15(10-8-14)30-22(23,24)25/h7-10H,11-13H2,1-6H3,(H,26,28). The van der Waals surface area contributed by atoms with Crippen molar-refractivity contribution in [1.82, 2.24) is 10.4 Å². The maximum absolute atomic E-state index is 12.9. The number of hydrogen-bond donors (Lipinski definition) is 1. The van der Waals surface area contributed by atoms with Crippen LogP contribution in [0.3, 0.4) is 0 Å². The molecular weight excluding hydrogens is 429 g/mol. The summed E-state index contributed by atoms with van der Waals surface area (Å²) in [6.45, 7) is 10.3. The highest BCUT2D eigenvalue weighted by atomic mass is 19.4. The topological polar surface area (TPSA) is 77.1 Å². The molecule has 10 heteroatoms. The summed E-state index contributed by atoms with van der Waals surface area (Å²) < 4.78 is 51.8. The van der Waals surface area contributed by atoms with Gasteiger partial charge in [-0.2, -0.15) is 0 Å². The second-order valence-corrected chi connectivity index (χ2v) is 10.5. The van der Waals surface area contributed by atoms with E-state index in [0.29, 0.717) is 19.3 Å². The van der Waals surface area contributed by atoms with Crippen LogP contribution in [0.2, 0.25) is 0 Å². The Kier molecular flexibility index (Phi) is 5.59. The number of amides is 2. The van der Waals surface area contributed by atoms with Gasteiger partial charge in [0.05, 0.1) is 5.54 Å². The Hall–Kier alpha value is -2.65.